The third-order valence-corrected chi connectivity index (χ3v) is 8.00. The largest absolute Gasteiger partial charge is 0.475 e. The average molecular weight is 581 g/mol. The molecule has 1 aliphatic rings. The molecule has 1 aliphatic heterocycles. The summed E-state index contributed by atoms with van der Waals surface area (Å²) in [5.41, 5.74) is 1.24. The summed E-state index contributed by atoms with van der Waals surface area (Å²) in [4.78, 5) is 4.97. The summed E-state index contributed by atoms with van der Waals surface area (Å²) in [5, 5.41) is 4.08. The van der Waals surface area contributed by atoms with Gasteiger partial charge >= 0.3 is 0 Å². The first-order valence-electron chi connectivity index (χ1n) is 9.82. The maximum atomic E-state index is 6.11. The van der Waals surface area contributed by atoms with Crippen molar-refractivity contribution >= 4 is 29.7 Å². The molecule has 4 heteroatoms. The average Bonchev–Trinajstić information content (AvgIpc) is 3.21. The maximum absolute atomic E-state index is 6.11. The number of rotatable bonds is 4. The Hall–Kier alpha value is -1.79. The molecule has 151 valence electrons. The first-order chi connectivity index (χ1) is 13.5. The molecule has 4 rings (SSSR count). The van der Waals surface area contributed by atoms with Gasteiger partial charge in [0.05, 0.1) is 19.5 Å². The molecule has 0 amide bonds. The van der Waals surface area contributed by atoms with Crippen molar-refractivity contribution in [3.05, 3.63) is 90.5 Å². The van der Waals surface area contributed by atoms with Gasteiger partial charge in [0.2, 0.25) is 5.90 Å². The van der Waals surface area contributed by atoms with Gasteiger partial charge in [0.15, 0.2) is 0 Å². The Labute approximate surface area is 188 Å². The van der Waals surface area contributed by atoms with E-state index in [2.05, 4.69) is 106 Å². The van der Waals surface area contributed by atoms with Gasteiger partial charge in [0.25, 0.3) is 0 Å². The monoisotopic (exact) mass is 581 g/mol. The van der Waals surface area contributed by atoms with E-state index in [-0.39, 0.29) is 31.6 Å². The van der Waals surface area contributed by atoms with Gasteiger partial charge in [0.1, 0.15) is 22.5 Å². The van der Waals surface area contributed by atoms with Crippen molar-refractivity contribution < 1.29 is 24.8 Å². The van der Waals surface area contributed by atoms with Crippen LogP contribution in [0.5, 0.6) is 0 Å². The molecule has 0 saturated heterocycles. The van der Waals surface area contributed by atoms with Crippen LogP contribution in [0.15, 0.2) is 89.9 Å². The zero-order valence-corrected chi connectivity index (χ0v) is 20.5. The molecule has 0 aromatic heterocycles. The van der Waals surface area contributed by atoms with Crippen molar-refractivity contribution in [2.24, 2.45) is 10.4 Å². The van der Waals surface area contributed by atoms with Gasteiger partial charge in [0, 0.05) is 20.1 Å². The molecule has 0 aliphatic carbocycles. The normalized spacial score (nSPS) is 16.1. The minimum atomic E-state index is -1.16. The molecule has 0 bridgehead atoms. The zero-order chi connectivity index (χ0) is 19.6. The summed E-state index contributed by atoms with van der Waals surface area (Å²) >= 11 is 0. The topological polar surface area (TPSA) is 21.6 Å². The SMILES string of the molecule is CC(C)(C)C1COC(c2ccccc2[PH+](c2ccccc2)c2ccccc2)=N1.[Ir]. The van der Waals surface area contributed by atoms with Crippen LogP contribution in [0.4, 0.5) is 0 Å². The van der Waals surface area contributed by atoms with E-state index in [9.17, 15) is 0 Å². The fourth-order valence-electron chi connectivity index (χ4n) is 3.54. The Morgan fingerprint density at radius 1 is 0.793 bits per heavy atom. The second-order valence-corrected chi connectivity index (χ2v) is 10.7. The van der Waals surface area contributed by atoms with Crippen LogP contribution in [0, 0.1) is 5.41 Å². The standard InChI is InChI=1S/C25H26NOP.Ir/c1-25(2,3)23-18-27-24(26-23)21-16-10-11-17-22(21)28(19-12-6-4-7-13-19)20-14-8-5-9-15-20;/h4-17,23H,18H2,1-3H3;/p+1. The molecule has 1 radical (unpaired) electrons. The molecule has 1 unspecified atom stereocenters. The van der Waals surface area contributed by atoms with E-state index in [1.54, 1.807) is 0 Å². The van der Waals surface area contributed by atoms with Crippen molar-refractivity contribution in [2.75, 3.05) is 6.61 Å². The van der Waals surface area contributed by atoms with Crippen LogP contribution >= 0.6 is 7.92 Å². The number of nitrogens with zero attached hydrogens (tertiary/aromatic N) is 1. The Morgan fingerprint density at radius 3 is 1.83 bits per heavy atom. The van der Waals surface area contributed by atoms with Gasteiger partial charge in [-0.05, 0) is 41.8 Å². The van der Waals surface area contributed by atoms with Crippen LogP contribution in [-0.4, -0.2) is 18.5 Å². The number of aliphatic imine (C=N–C) groups is 1. The predicted molar refractivity (Wildman–Crippen MR) is 122 cm³/mol. The van der Waals surface area contributed by atoms with Gasteiger partial charge in [-0.1, -0.05) is 69.3 Å². The van der Waals surface area contributed by atoms with Crippen LogP contribution in [0.1, 0.15) is 26.3 Å². The Morgan fingerprint density at radius 2 is 1.31 bits per heavy atom. The molecule has 0 saturated carbocycles. The van der Waals surface area contributed by atoms with Crippen molar-refractivity contribution in [2.45, 2.75) is 26.8 Å². The van der Waals surface area contributed by atoms with Crippen LogP contribution < -0.4 is 15.9 Å². The van der Waals surface area contributed by atoms with E-state index >= 15 is 0 Å². The van der Waals surface area contributed by atoms with Gasteiger partial charge in [-0.3, -0.25) is 0 Å². The third kappa shape index (κ3) is 4.86. The third-order valence-electron chi connectivity index (χ3n) is 5.20. The molecule has 0 fully saturated rings. The quantitative estimate of drug-likeness (QED) is 0.421. The van der Waals surface area contributed by atoms with E-state index in [1.807, 2.05) is 0 Å². The van der Waals surface area contributed by atoms with Crippen molar-refractivity contribution in [3.8, 4) is 0 Å². The smallest absolute Gasteiger partial charge is 0.220 e. The summed E-state index contributed by atoms with van der Waals surface area (Å²) in [6, 6.07) is 30.5. The van der Waals surface area contributed by atoms with E-state index in [4.69, 9.17) is 9.73 Å². The van der Waals surface area contributed by atoms with Gasteiger partial charge < -0.3 is 4.74 Å². The first kappa shape index (κ1) is 21.9. The second-order valence-electron chi connectivity index (χ2n) is 8.28. The first-order valence-corrected chi connectivity index (χ1v) is 11.3. The van der Waals surface area contributed by atoms with Gasteiger partial charge in [-0.25, -0.2) is 4.99 Å². The number of hydrogen-bond donors (Lipinski definition) is 0. The maximum Gasteiger partial charge on any atom is 0.220 e. The number of ether oxygens (including phenoxy) is 1. The molecular formula is C25H27IrNOP+. The molecule has 3 aromatic carbocycles. The van der Waals surface area contributed by atoms with Crippen LogP contribution in [-0.2, 0) is 24.8 Å². The summed E-state index contributed by atoms with van der Waals surface area (Å²) < 4.78 is 6.11. The molecule has 1 heterocycles. The fraction of sp³-hybridized carbons (Fsp3) is 0.240. The molecule has 2 nitrogen and oxygen atoms in total. The molecular weight excluding hydrogens is 553 g/mol. The molecule has 29 heavy (non-hydrogen) atoms. The minimum Gasteiger partial charge on any atom is -0.475 e. The Kier molecular flexibility index (Phi) is 7.06. The predicted octanol–water partition coefficient (Wildman–Crippen LogP) is 4.37. The van der Waals surface area contributed by atoms with Gasteiger partial charge in [-0.15, -0.1) is 0 Å². The van der Waals surface area contributed by atoms with Crippen molar-refractivity contribution in [1.29, 1.82) is 0 Å². The molecule has 0 N–H and O–H groups in total. The van der Waals surface area contributed by atoms with Crippen molar-refractivity contribution in [1.82, 2.24) is 0 Å². The molecule has 0 spiro atoms. The van der Waals surface area contributed by atoms with Crippen molar-refractivity contribution in [3.63, 3.8) is 0 Å². The summed E-state index contributed by atoms with van der Waals surface area (Å²) in [6.07, 6.45) is 0. The van der Waals surface area contributed by atoms with E-state index in [0.717, 1.165) is 11.5 Å². The second kappa shape index (κ2) is 9.35. The molecule has 1 atom stereocenters. The number of benzene rings is 3. The summed E-state index contributed by atoms with van der Waals surface area (Å²) in [7, 11) is -1.16. The fourth-order valence-corrected chi connectivity index (χ4v) is 6.27. The van der Waals surface area contributed by atoms with E-state index < -0.39 is 7.92 Å². The van der Waals surface area contributed by atoms with Crippen LogP contribution in [0.3, 0.4) is 0 Å². The zero-order valence-electron chi connectivity index (χ0n) is 17.1. The molecule has 3 aromatic rings. The summed E-state index contributed by atoms with van der Waals surface area (Å²) in [6.45, 7) is 7.33. The van der Waals surface area contributed by atoms with E-state index in [0.29, 0.717) is 6.61 Å². The van der Waals surface area contributed by atoms with Gasteiger partial charge in [-0.2, -0.15) is 0 Å². The van der Waals surface area contributed by atoms with Crippen LogP contribution in [0.2, 0.25) is 0 Å². The Bertz CT molecular complexity index is 927. The summed E-state index contributed by atoms with van der Waals surface area (Å²) in [5.74, 6) is 0.796. The van der Waals surface area contributed by atoms with E-state index in [1.165, 1.54) is 15.9 Å². The minimum absolute atomic E-state index is 0. The number of hydrogen-bond acceptors (Lipinski definition) is 2. The van der Waals surface area contributed by atoms with Crippen LogP contribution in [0.25, 0.3) is 0 Å². The Balaban J connectivity index is 0.00000240.